The van der Waals surface area contributed by atoms with Crippen LogP contribution in [0.5, 0.6) is 0 Å². The third-order valence-corrected chi connectivity index (χ3v) is 5.62. The predicted molar refractivity (Wildman–Crippen MR) is 115 cm³/mol. The summed E-state index contributed by atoms with van der Waals surface area (Å²) in [5, 5.41) is 11.8. The molecule has 0 fully saturated rings. The number of carbonyl (C=O) groups excluding carboxylic acids is 1. The van der Waals surface area contributed by atoms with Gasteiger partial charge in [-0.25, -0.2) is 13.8 Å². The van der Waals surface area contributed by atoms with E-state index < -0.39 is 0 Å². The third-order valence-electron chi connectivity index (χ3n) is 5.62. The summed E-state index contributed by atoms with van der Waals surface area (Å²) in [4.78, 5) is 12.8. The molecule has 0 radical (unpaired) electrons. The number of amides is 1. The lowest BCUT2D eigenvalue weighted by molar-refractivity contribution is 0.0948. The van der Waals surface area contributed by atoms with Crippen molar-refractivity contribution < 1.29 is 9.18 Å². The minimum absolute atomic E-state index is 0.160. The van der Waals surface area contributed by atoms with Gasteiger partial charge in [-0.2, -0.15) is 10.2 Å². The first kappa shape index (κ1) is 19.2. The van der Waals surface area contributed by atoms with Crippen molar-refractivity contribution in [1.29, 1.82) is 0 Å². The lowest BCUT2D eigenvalue weighted by Gasteiger charge is -2.07. The molecule has 0 unspecified atom stereocenters. The second-order valence-electron chi connectivity index (χ2n) is 7.64. The van der Waals surface area contributed by atoms with Crippen LogP contribution in [0.25, 0.3) is 11.4 Å². The van der Waals surface area contributed by atoms with Crippen LogP contribution in [0.1, 0.15) is 33.7 Å². The van der Waals surface area contributed by atoms with E-state index in [1.165, 1.54) is 12.1 Å². The molecule has 2 aromatic heterocycles. The van der Waals surface area contributed by atoms with Crippen molar-refractivity contribution in [2.24, 2.45) is 0 Å². The molecule has 156 valence electrons. The van der Waals surface area contributed by atoms with Crippen LogP contribution in [0.4, 0.5) is 4.39 Å². The fraction of sp³-hybridized carbons (Fsp3) is 0.208. The van der Waals surface area contributed by atoms with Crippen molar-refractivity contribution in [2.45, 2.75) is 25.7 Å². The van der Waals surface area contributed by atoms with Crippen molar-refractivity contribution in [3.8, 4) is 11.4 Å². The van der Waals surface area contributed by atoms with Crippen molar-refractivity contribution >= 4 is 5.91 Å². The van der Waals surface area contributed by atoms with E-state index in [2.05, 4.69) is 15.5 Å². The fourth-order valence-electron chi connectivity index (χ4n) is 4.06. The number of hydrogen-bond acceptors (Lipinski definition) is 3. The van der Waals surface area contributed by atoms with Gasteiger partial charge in [0.1, 0.15) is 5.82 Å². The zero-order valence-electron chi connectivity index (χ0n) is 17.0. The molecule has 1 aliphatic rings. The van der Waals surface area contributed by atoms with E-state index >= 15 is 0 Å². The molecule has 0 bridgehead atoms. The van der Waals surface area contributed by atoms with Gasteiger partial charge < -0.3 is 5.32 Å². The molecule has 6 nitrogen and oxygen atoms in total. The van der Waals surface area contributed by atoms with Crippen LogP contribution in [0.15, 0.2) is 67.0 Å². The van der Waals surface area contributed by atoms with Crippen LogP contribution < -0.4 is 5.32 Å². The summed E-state index contributed by atoms with van der Waals surface area (Å²) in [6.45, 7) is 0.526. The Morgan fingerprint density at radius 1 is 1.03 bits per heavy atom. The second-order valence-corrected chi connectivity index (χ2v) is 7.64. The number of nitrogens with one attached hydrogen (secondary N) is 1. The maximum atomic E-state index is 13.3. The number of fused-ring (bicyclic) bond motifs is 1. The van der Waals surface area contributed by atoms with E-state index in [0.29, 0.717) is 12.2 Å². The quantitative estimate of drug-likeness (QED) is 0.523. The van der Waals surface area contributed by atoms with Gasteiger partial charge in [0.15, 0.2) is 5.69 Å². The molecule has 5 rings (SSSR count). The van der Waals surface area contributed by atoms with Crippen LogP contribution >= 0.6 is 0 Å². The maximum Gasteiger partial charge on any atom is 0.272 e. The summed E-state index contributed by atoms with van der Waals surface area (Å²) in [5.74, 6) is -0.449. The normalized spacial score (nSPS) is 12.7. The topological polar surface area (TPSA) is 64.7 Å². The molecule has 0 saturated carbocycles. The van der Waals surface area contributed by atoms with Crippen LogP contribution in [-0.4, -0.2) is 32.0 Å². The number of rotatable bonds is 6. The van der Waals surface area contributed by atoms with Gasteiger partial charge in [0.2, 0.25) is 0 Å². The van der Waals surface area contributed by atoms with Crippen molar-refractivity contribution in [3.63, 3.8) is 0 Å². The number of carbonyl (C=O) groups is 1. The van der Waals surface area contributed by atoms with E-state index in [1.807, 2.05) is 41.2 Å². The van der Waals surface area contributed by atoms with Crippen LogP contribution in [-0.2, 0) is 19.3 Å². The van der Waals surface area contributed by atoms with E-state index in [-0.39, 0.29) is 11.7 Å². The molecule has 2 aromatic carbocycles. The molecular weight excluding hydrogens is 393 g/mol. The monoisotopic (exact) mass is 415 g/mol. The lowest BCUT2D eigenvalue weighted by Crippen LogP contribution is -2.27. The van der Waals surface area contributed by atoms with Crippen LogP contribution in [0.3, 0.4) is 0 Å². The smallest absolute Gasteiger partial charge is 0.272 e. The molecule has 31 heavy (non-hydrogen) atoms. The molecule has 0 spiro atoms. The maximum absolute atomic E-state index is 13.3. The Kier molecular flexibility index (Phi) is 5.08. The Hall–Kier alpha value is -3.74. The molecular formula is C24H22FN5O. The highest BCUT2D eigenvalue weighted by atomic mass is 19.1. The van der Waals surface area contributed by atoms with Crippen LogP contribution in [0.2, 0.25) is 0 Å². The first-order valence-electron chi connectivity index (χ1n) is 10.4. The second kappa shape index (κ2) is 8.18. The molecule has 7 heteroatoms. The van der Waals surface area contributed by atoms with Gasteiger partial charge in [-0.1, -0.05) is 12.1 Å². The molecule has 4 aromatic rings. The van der Waals surface area contributed by atoms with E-state index in [0.717, 1.165) is 53.9 Å². The average Bonchev–Trinajstić information content (AvgIpc) is 3.53. The highest BCUT2D eigenvalue weighted by Gasteiger charge is 2.26. The minimum Gasteiger partial charge on any atom is -0.350 e. The fourth-order valence-corrected chi connectivity index (χ4v) is 4.06. The van der Waals surface area contributed by atoms with Gasteiger partial charge in [0, 0.05) is 30.2 Å². The number of benzene rings is 2. The number of halogens is 1. The summed E-state index contributed by atoms with van der Waals surface area (Å²) in [6.07, 6.45) is 7.09. The molecule has 1 N–H and O–H groups in total. The zero-order valence-corrected chi connectivity index (χ0v) is 17.0. The summed E-state index contributed by atoms with van der Waals surface area (Å²) >= 11 is 0. The highest BCUT2D eigenvalue weighted by Crippen LogP contribution is 2.28. The van der Waals surface area contributed by atoms with E-state index in [1.54, 1.807) is 23.0 Å². The molecule has 1 aliphatic carbocycles. The summed E-state index contributed by atoms with van der Waals surface area (Å²) in [5.41, 5.74) is 5.44. The van der Waals surface area contributed by atoms with Gasteiger partial charge in [0.25, 0.3) is 5.91 Å². The number of aromatic nitrogens is 4. The van der Waals surface area contributed by atoms with Crippen molar-refractivity contribution in [1.82, 2.24) is 24.9 Å². The minimum atomic E-state index is -0.289. The Balaban J connectivity index is 1.26. The lowest BCUT2D eigenvalue weighted by atomic mass is 10.1. The molecule has 0 saturated heterocycles. The van der Waals surface area contributed by atoms with Gasteiger partial charge in [-0.05, 0) is 73.7 Å². The Morgan fingerprint density at radius 3 is 2.55 bits per heavy atom. The van der Waals surface area contributed by atoms with Gasteiger partial charge in [0.05, 0.1) is 11.4 Å². The third kappa shape index (κ3) is 3.86. The molecule has 1 amide bonds. The number of nitrogens with zero attached hydrogens (tertiary/aromatic N) is 4. The van der Waals surface area contributed by atoms with E-state index in [4.69, 9.17) is 0 Å². The van der Waals surface area contributed by atoms with Crippen molar-refractivity contribution in [2.75, 3.05) is 6.54 Å². The predicted octanol–water partition coefficient (Wildman–Crippen LogP) is 3.66. The Bertz CT molecular complexity index is 1190. The Morgan fingerprint density at radius 2 is 1.81 bits per heavy atom. The van der Waals surface area contributed by atoms with Crippen molar-refractivity contribution in [3.05, 3.63) is 95.3 Å². The zero-order chi connectivity index (χ0) is 21.2. The largest absolute Gasteiger partial charge is 0.350 e. The average molecular weight is 415 g/mol. The Labute approximate surface area is 179 Å². The summed E-state index contributed by atoms with van der Waals surface area (Å²) in [7, 11) is 0. The van der Waals surface area contributed by atoms with Gasteiger partial charge in [-0.3, -0.25) is 4.79 Å². The summed E-state index contributed by atoms with van der Waals surface area (Å²) in [6, 6.07) is 16.2. The van der Waals surface area contributed by atoms with Crippen LogP contribution in [0, 0.1) is 5.82 Å². The number of hydrogen-bond donors (Lipinski definition) is 1. The SMILES string of the molecule is O=C(NCCc1ccc(-n2cccn2)cc1)c1nn(-c2ccc(F)cc2)c2c1CCC2. The summed E-state index contributed by atoms with van der Waals surface area (Å²) < 4.78 is 16.9. The standard InChI is InChI=1S/C24H22FN5O/c25-18-7-11-20(12-8-18)30-22-4-1-3-21(22)23(28-30)24(31)26-15-13-17-5-9-19(10-6-17)29-16-2-14-27-29/h2,5-12,14,16H,1,3-4,13,15H2,(H,26,31). The van der Waals surface area contributed by atoms with E-state index in [9.17, 15) is 9.18 Å². The first-order chi connectivity index (χ1) is 15.2. The van der Waals surface area contributed by atoms with Gasteiger partial charge in [-0.15, -0.1) is 0 Å². The first-order valence-corrected chi connectivity index (χ1v) is 10.4. The molecule has 0 atom stereocenters. The highest BCUT2D eigenvalue weighted by molar-refractivity contribution is 5.94. The molecule has 0 aliphatic heterocycles. The van der Waals surface area contributed by atoms with Gasteiger partial charge >= 0.3 is 0 Å². The molecule has 2 heterocycles.